The standard InChI is InChI=1S/C9H13BrN4/c1-6-8(10)7(2)14(13-6)5-9(3,12)4-11/h5,12H2,1-3H3. The Morgan fingerprint density at radius 3 is 2.57 bits per heavy atom. The Labute approximate surface area is 91.8 Å². The molecule has 76 valence electrons. The van der Waals surface area contributed by atoms with E-state index in [0.29, 0.717) is 6.54 Å². The summed E-state index contributed by atoms with van der Waals surface area (Å²) in [6.07, 6.45) is 0. The Hall–Kier alpha value is -0.860. The molecule has 1 unspecified atom stereocenters. The fourth-order valence-corrected chi connectivity index (χ4v) is 1.46. The van der Waals surface area contributed by atoms with Gasteiger partial charge in [-0.05, 0) is 36.7 Å². The molecule has 0 aliphatic rings. The van der Waals surface area contributed by atoms with Crippen LogP contribution in [-0.2, 0) is 6.54 Å². The third-order valence-electron chi connectivity index (χ3n) is 2.03. The van der Waals surface area contributed by atoms with Crippen LogP contribution in [-0.4, -0.2) is 15.3 Å². The van der Waals surface area contributed by atoms with Gasteiger partial charge in [-0.15, -0.1) is 0 Å². The quantitative estimate of drug-likeness (QED) is 0.873. The van der Waals surface area contributed by atoms with Gasteiger partial charge in [0.15, 0.2) is 0 Å². The average Bonchev–Trinajstić information content (AvgIpc) is 2.33. The third kappa shape index (κ3) is 2.14. The van der Waals surface area contributed by atoms with Crippen molar-refractivity contribution in [2.24, 2.45) is 5.73 Å². The summed E-state index contributed by atoms with van der Waals surface area (Å²) in [5.74, 6) is 0. The van der Waals surface area contributed by atoms with Crippen LogP contribution in [0.4, 0.5) is 0 Å². The second-order valence-corrected chi connectivity index (χ2v) is 4.46. The van der Waals surface area contributed by atoms with Crippen LogP contribution in [0.2, 0.25) is 0 Å². The molecule has 0 radical (unpaired) electrons. The minimum absolute atomic E-state index is 0.405. The molecule has 1 aromatic rings. The van der Waals surface area contributed by atoms with Crippen molar-refractivity contribution >= 4 is 15.9 Å². The monoisotopic (exact) mass is 256 g/mol. The van der Waals surface area contributed by atoms with E-state index in [2.05, 4.69) is 21.0 Å². The Balaban J connectivity index is 3.00. The molecular weight excluding hydrogens is 244 g/mol. The smallest absolute Gasteiger partial charge is 0.121 e. The van der Waals surface area contributed by atoms with Gasteiger partial charge >= 0.3 is 0 Å². The summed E-state index contributed by atoms with van der Waals surface area (Å²) in [6.45, 7) is 5.95. The van der Waals surface area contributed by atoms with Crippen LogP contribution in [0.3, 0.4) is 0 Å². The first-order valence-electron chi connectivity index (χ1n) is 4.27. The van der Waals surface area contributed by atoms with E-state index in [0.717, 1.165) is 15.9 Å². The molecule has 0 fully saturated rings. The lowest BCUT2D eigenvalue weighted by Gasteiger charge is -2.16. The summed E-state index contributed by atoms with van der Waals surface area (Å²) in [5.41, 5.74) is 6.77. The van der Waals surface area contributed by atoms with Gasteiger partial charge in [0, 0.05) is 5.69 Å². The van der Waals surface area contributed by atoms with Crippen LogP contribution in [0.15, 0.2) is 4.47 Å². The molecule has 0 bridgehead atoms. The Kier molecular flexibility index (Phi) is 2.98. The summed E-state index contributed by atoms with van der Waals surface area (Å²) < 4.78 is 2.73. The number of nitriles is 1. The number of hydrogen-bond donors (Lipinski definition) is 1. The Morgan fingerprint density at radius 2 is 2.21 bits per heavy atom. The second kappa shape index (κ2) is 3.71. The summed E-state index contributed by atoms with van der Waals surface area (Å²) in [7, 11) is 0. The first-order chi connectivity index (χ1) is 6.37. The normalized spacial score (nSPS) is 14.9. The molecule has 5 heteroatoms. The van der Waals surface area contributed by atoms with E-state index in [1.807, 2.05) is 19.9 Å². The van der Waals surface area contributed by atoms with Gasteiger partial charge in [0.05, 0.1) is 22.8 Å². The maximum Gasteiger partial charge on any atom is 0.121 e. The predicted molar refractivity (Wildman–Crippen MR) is 57.6 cm³/mol. The molecule has 1 aromatic heterocycles. The van der Waals surface area contributed by atoms with E-state index in [1.165, 1.54) is 0 Å². The van der Waals surface area contributed by atoms with Gasteiger partial charge in [-0.1, -0.05) is 0 Å². The average molecular weight is 257 g/mol. The summed E-state index contributed by atoms with van der Waals surface area (Å²) in [6, 6.07) is 2.05. The fraction of sp³-hybridized carbons (Fsp3) is 0.556. The largest absolute Gasteiger partial charge is 0.312 e. The van der Waals surface area contributed by atoms with Gasteiger partial charge in [0.25, 0.3) is 0 Å². The lowest BCUT2D eigenvalue weighted by molar-refractivity contribution is 0.450. The van der Waals surface area contributed by atoms with E-state index in [1.54, 1.807) is 11.6 Å². The number of nitrogens with two attached hydrogens (primary N) is 1. The fourth-order valence-electron chi connectivity index (χ4n) is 1.18. The molecule has 0 aliphatic heterocycles. The number of halogens is 1. The molecular formula is C9H13BrN4. The summed E-state index contributed by atoms with van der Waals surface area (Å²) in [5, 5.41) is 13.1. The SMILES string of the molecule is Cc1nn(CC(C)(N)C#N)c(C)c1Br. The van der Waals surface area contributed by atoms with Gasteiger partial charge in [-0.2, -0.15) is 10.4 Å². The lowest BCUT2D eigenvalue weighted by Crippen LogP contribution is -2.39. The third-order valence-corrected chi connectivity index (χ3v) is 3.17. The molecule has 0 saturated heterocycles. The Morgan fingerprint density at radius 1 is 1.64 bits per heavy atom. The van der Waals surface area contributed by atoms with Crippen LogP contribution >= 0.6 is 15.9 Å². The number of hydrogen-bond acceptors (Lipinski definition) is 3. The van der Waals surface area contributed by atoms with Crippen LogP contribution < -0.4 is 5.73 Å². The molecule has 0 saturated carbocycles. The zero-order valence-electron chi connectivity index (χ0n) is 8.50. The highest BCUT2D eigenvalue weighted by Crippen LogP contribution is 2.20. The van der Waals surface area contributed by atoms with E-state index >= 15 is 0 Å². The minimum atomic E-state index is -0.872. The number of aromatic nitrogens is 2. The number of aryl methyl sites for hydroxylation is 1. The van der Waals surface area contributed by atoms with Gasteiger partial charge < -0.3 is 5.73 Å². The van der Waals surface area contributed by atoms with Crippen molar-refractivity contribution < 1.29 is 0 Å². The lowest BCUT2D eigenvalue weighted by atomic mass is 10.1. The van der Waals surface area contributed by atoms with Crippen molar-refractivity contribution in [2.75, 3.05) is 0 Å². The van der Waals surface area contributed by atoms with Crippen LogP contribution in [0, 0.1) is 25.2 Å². The first-order valence-corrected chi connectivity index (χ1v) is 5.06. The molecule has 0 aliphatic carbocycles. The second-order valence-electron chi connectivity index (χ2n) is 3.67. The molecule has 1 heterocycles. The zero-order chi connectivity index (χ0) is 10.9. The van der Waals surface area contributed by atoms with E-state index in [4.69, 9.17) is 11.0 Å². The number of rotatable bonds is 2. The van der Waals surface area contributed by atoms with Crippen molar-refractivity contribution in [3.05, 3.63) is 15.9 Å². The number of nitrogens with zero attached hydrogens (tertiary/aromatic N) is 3. The first kappa shape index (κ1) is 11.2. The van der Waals surface area contributed by atoms with Crippen molar-refractivity contribution in [2.45, 2.75) is 32.9 Å². The Bertz CT molecular complexity index is 386. The highest BCUT2D eigenvalue weighted by molar-refractivity contribution is 9.10. The molecule has 0 spiro atoms. The molecule has 0 amide bonds. The molecule has 2 N–H and O–H groups in total. The molecule has 0 aromatic carbocycles. The molecule has 4 nitrogen and oxygen atoms in total. The summed E-state index contributed by atoms with van der Waals surface area (Å²) in [4.78, 5) is 0. The zero-order valence-corrected chi connectivity index (χ0v) is 10.1. The van der Waals surface area contributed by atoms with Crippen molar-refractivity contribution in [1.29, 1.82) is 5.26 Å². The van der Waals surface area contributed by atoms with Crippen LogP contribution in [0.5, 0.6) is 0 Å². The summed E-state index contributed by atoms with van der Waals surface area (Å²) >= 11 is 3.42. The molecule has 14 heavy (non-hydrogen) atoms. The minimum Gasteiger partial charge on any atom is -0.312 e. The van der Waals surface area contributed by atoms with Crippen molar-refractivity contribution in [3.8, 4) is 6.07 Å². The maximum atomic E-state index is 8.79. The van der Waals surface area contributed by atoms with E-state index < -0.39 is 5.54 Å². The van der Waals surface area contributed by atoms with Crippen LogP contribution in [0.1, 0.15) is 18.3 Å². The highest BCUT2D eigenvalue weighted by atomic mass is 79.9. The van der Waals surface area contributed by atoms with Crippen molar-refractivity contribution in [1.82, 2.24) is 9.78 Å². The van der Waals surface area contributed by atoms with Gasteiger partial charge in [-0.3, -0.25) is 4.68 Å². The van der Waals surface area contributed by atoms with Crippen molar-refractivity contribution in [3.63, 3.8) is 0 Å². The highest BCUT2D eigenvalue weighted by Gasteiger charge is 2.20. The van der Waals surface area contributed by atoms with Gasteiger partial charge in [0.1, 0.15) is 5.54 Å². The maximum absolute atomic E-state index is 8.79. The van der Waals surface area contributed by atoms with Crippen LogP contribution in [0.25, 0.3) is 0 Å². The predicted octanol–water partition coefficient (Wildman–Crippen LogP) is 1.50. The van der Waals surface area contributed by atoms with E-state index in [9.17, 15) is 0 Å². The molecule has 1 rings (SSSR count). The topological polar surface area (TPSA) is 67.6 Å². The van der Waals surface area contributed by atoms with E-state index in [-0.39, 0.29) is 0 Å². The van der Waals surface area contributed by atoms with Gasteiger partial charge in [0.2, 0.25) is 0 Å². The molecule has 1 atom stereocenters. The van der Waals surface area contributed by atoms with Gasteiger partial charge in [-0.25, -0.2) is 0 Å².